The highest BCUT2D eigenvalue weighted by Gasteiger charge is 2.52. The van der Waals surface area contributed by atoms with Crippen molar-refractivity contribution in [3.8, 4) is 5.75 Å². The molecule has 1 saturated carbocycles. The van der Waals surface area contributed by atoms with Gasteiger partial charge in [-0.1, -0.05) is 24.3 Å². The second-order valence-electron chi connectivity index (χ2n) is 9.64. The van der Waals surface area contributed by atoms with E-state index in [2.05, 4.69) is 10.1 Å². The van der Waals surface area contributed by atoms with Gasteiger partial charge in [0.1, 0.15) is 5.75 Å². The van der Waals surface area contributed by atoms with Gasteiger partial charge in [0.25, 0.3) is 0 Å². The molecule has 0 bridgehead atoms. The Morgan fingerprint density at radius 3 is 2.22 bits per heavy atom. The Morgan fingerprint density at radius 2 is 1.67 bits per heavy atom. The number of methoxy groups -OCH3 is 1. The van der Waals surface area contributed by atoms with Crippen molar-refractivity contribution >= 4 is 17.5 Å². The van der Waals surface area contributed by atoms with Gasteiger partial charge < -0.3 is 19.7 Å². The van der Waals surface area contributed by atoms with E-state index in [0.29, 0.717) is 24.6 Å². The maximum absolute atomic E-state index is 12.8. The van der Waals surface area contributed by atoms with E-state index in [-0.39, 0.29) is 29.4 Å². The lowest BCUT2D eigenvalue weighted by molar-refractivity contribution is -0.274. The number of hydrogen-bond acceptors (Lipinski definition) is 4. The minimum atomic E-state index is -4.73. The molecule has 2 aromatic rings. The number of anilines is 1. The van der Waals surface area contributed by atoms with E-state index in [1.807, 2.05) is 29.2 Å². The predicted octanol–water partition coefficient (Wildman–Crippen LogP) is 5.29. The van der Waals surface area contributed by atoms with E-state index in [1.165, 1.54) is 29.8 Å². The number of aryl methyl sites for hydroxylation is 1. The molecule has 2 amide bonds. The van der Waals surface area contributed by atoms with Gasteiger partial charge in [-0.25, -0.2) is 0 Å². The molecule has 1 aliphatic carbocycles. The lowest BCUT2D eigenvalue weighted by Crippen LogP contribution is -2.43. The summed E-state index contributed by atoms with van der Waals surface area (Å²) in [5.74, 6) is 0.147. The standard InChI is InChI=1S/C27H31F3N2O4/c1-35-18-26(14-15-26)25(34)32-16-12-21(13-17-32)20-5-7-22(8-6-20)31-24(33)11-4-19-2-9-23(10-3-19)36-27(28,29)30/h2-3,5-10,21H,4,11-18H2,1H3,(H,31,33). The van der Waals surface area contributed by atoms with E-state index in [0.717, 1.165) is 44.3 Å². The molecule has 4 rings (SSSR count). The van der Waals surface area contributed by atoms with Crippen LogP contribution in [0.2, 0.25) is 0 Å². The summed E-state index contributed by atoms with van der Waals surface area (Å²) in [6, 6.07) is 13.3. The van der Waals surface area contributed by atoms with Gasteiger partial charge in [0, 0.05) is 32.3 Å². The molecule has 0 radical (unpaired) electrons. The van der Waals surface area contributed by atoms with Crippen LogP contribution >= 0.6 is 0 Å². The number of nitrogens with zero attached hydrogens (tertiary/aromatic N) is 1. The van der Waals surface area contributed by atoms with Gasteiger partial charge in [-0.3, -0.25) is 9.59 Å². The fraction of sp³-hybridized carbons (Fsp3) is 0.481. The van der Waals surface area contributed by atoms with Crippen LogP contribution in [-0.4, -0.2) is 49.9 Å². The predicted molar refractivity (Wildman–Crippen MR) is 129 cm³/mol. The third-order valence-corrected chi connectivity index (χ3v) is 6.97. The smallest absolute Gasteiger partial charge is 0.406 e. The van der Waals surface area contributed by atoms with E-state index < -0.39 is 6.36 Å². The number of carbonyl (C=O) groups excluding carboxylic acids is 2. The number of benzene rings is 2. The molecule has 9 heteroatoms. The van der Waals surface area contributed by atoms with Crippen LogP contribution in [0, 0.1) is 5.41 Å². The van der Waals surface area contributed by atoms with Crippen LogP contribution in [0.1, 0.15) is 49.1 Å². The molecule has 0 unspecified atom stereocenters. The lowest BCUT2D eigenvalue weighted by atomic mass is 9.88. The quantitative estimate of drug-likeness (QED) is 0.504. The largest absolute Gasteiger partial charge is 0.573 e. The number of carbonyl (C=O) groups is 2. The summed E-state index contributed by atoms with van der Waals surface area (Å²) in [6.07, 6.45) is -0.471. The lowest BCUT2D eigenvalue weighted by Gasteiger charge is -2.34. The highest BCUT2D eigenvalue weighted by Crippen LogP contribution is 2.48. The van der Waals surface area contributed by atoms with Crippen LogP contribution in [-0.2, 0) is 20.7 Å². The first kappa shape index (κ1) is 26.0. The van der Waals surface area contributed by atoms with Crippen LogP contribution in [0.3, 0.4) is 0 Å². The molecule has 1 N–H and O–H groups in total. The zero-order valence-corrected chi connectivity index (χ0v) is 20.3. The minimum Gasteiger partial charge on any atom is -0.406 e. The number of ether oxygens (including phenoxy) is 2. The van der Waals surface area contributed by atoms with Gasteiger partial charge in [-0.2, -0.15) is 0 Å². The molecular formula is C27H31F3N2O4. The molecule has 1 saturated heterocycles. The van der Waals surface area contributed by atoms with Crippen molar-refractivity contribution in [3.63, 3.8) is 0 Å². The molecular weight excluding hydrogens is 473 g/mol. The maximum atomic E-state index is 12.8. The van der Waals surface area contributed by atoms with Crippen LogP contribution in [0.25, 0.3) is 0 Å². The normalized spacial score (nSPS) is 17.5. The van der Waals surface area contributed by atoms with Gasteiger partial charge in [0.05, 0.1) is 12.0 Å². The Labute approximate surface area is 208 Å². The van der Waals surface area contributed by atoms with Crippen molar-refractivity contribution < 1.29 is 32.2 Å². The summed E-state index contributed by atoms with van der Waals surface area (Å²) in [4.78, 5) is 27.1. The first-order valence-corrected chi connectivity index (χ1v) is 12.2. The summed E-state index contributed by atoms with van der Waals surface area (Å²) in [5.41, 5.74) is 2.35. The maximum Gasteiger partial charge on any atom is 0.573 e. The highest BCUT2D eigenvalue weighted by molar-refractivity contribution is 5.90. The Morgan fingerprint density at radius 1 is 1.03 bits per heavy atom. The fourth-order valence-electron chi connectivity index (χ4n) is 4.78. The van der Waals surface area contributed by atoms with Crippen LogP contribution in [0.4, 0.5) is 18.9 Å². The average molecular weight is 505 g/mol. The molecule has 2 aromatic carbocycles. The monoisotopic (exact) mass is 504 g/mol. The van der Waals surface area contributed by atoms with Gasteiger partial charge in [-0.15, -0.1) is 13.2 Å². The van der Waals surface area contributed by atoms with Crippen molar-refractivity contribution in [1.29, 1.82) is 0 Å². The summed E-state index contributed by atoms with van der Waals surface area (Å²) in [7, 11) is 1.64. The molecule has 0 atom stereocenters. The van der Waals surface area contributed by atoms with Crippen molar-refractivity contribution in [2.24, 2.45) is 5.41 Å². The second kappa shape index (κ2) is 10.9. The SMILES string of the molecule is COCC1(C(=O)N2CCC(c3ccc(NC(=O)CCc4ccc(OC(F)(F)F)cc4)cc3)CC2)CC1. The number of alkyl halides is 3. The number of rotatable bonds is 9. The van der Waals surface area contributed by atoms with Gasteiger partial charge in [0.15, 0.2) is 0 Å². The number of amides is 2. The van der Waals surface area contributed by atoms with Gasteiger partial charge in [0.2, 0.25) is 11.8 Å². The summed E-state index contributed by atoms with van der Waals surface area (Å²) in [6.45, 7) is 2.00. The highest BCUT2D eigenvalue weighted by atomic mass is 19.4. The van der Waals surface area contributed by atoms with Crippen molar-refractivity contribution in [2.75, 3.05) is 32.1 Å². The third kappa shape index (κ3) is 6.78. The first-order chi connectivity index (χ1) is 17.2. The molecule has 2 fully saturated rings. The number of hydrogen-bond donors (Lipinski definition) is 1. The molecule has 36 heavy (non-hydrogen) atoms. The Bertz CT molecular complexity index is 1040. The van der Waals surface area contributed by atoms with E-state index in [1.54, 1.807) is 7.11 Å². The molecule has 194 valence electrons. The van der Waals surface area contributed by atoms with Crippen molar-refractivity contribution in [1.82, 2.24) is 4.90 Å². The zero-order valence-electron chi connectivity index (χ0n) is 20.3. The third-order valence-electron chi connectivity index (χ3n) is 6.97. The van der Waals surface area contributed by atoms with Crippen LogP contribution in [0.15, 0.2) is 48.5 Å². The topological polar surface area (TPSA) is 67.9 Å². The van der Waals surface area contributed by atoms with E-state index in [9.17, 15) is 22.8 Å². The number of halogens is 3. The van der Waals surface area contributed by atoms with Crippen molar-refractivity contribution in [2.45, 2.75) is 50.8 Å². The van der Waals surface area contributed by atoms with E-state index in [4.69, 9.17) is 4.74 Å². The molecule has 0 spiro atoms. The zero-order chi connectivity index (χ0) is 25.8. The van der Waals surface area contributed by atoms with Crippen molar-refractivity contribution in [3.05, 3.63) is 59.7 Å². The summed E-state index contributed by atoms with van der Waals surface area (Å²) in [5, 5.41) is 2.87. The van der Waals surface area contributed by atoms with E-state index >= 15 is 0 Å². The molecule has 0 aromatic heterocycles. The summed E-state index contributed by atoms with van der Waals surface area (Å²) < 4.78 is 45.9. The Kier molecular flexibility index (Phi) is 7.88. The van der Waals surface area contributed by atoms with Crippen LogP contribution < -0.4 is 10.1 Å². The number of piperidine rings is 1. The first-order valence-electron chi connectivity index (χ1n) is 12.2. The molecule has 1 heterocycles. The Hall–Kier alpha value is -3.07. The molecule has 1 aliphatic heterocycles. The fourth-order valence-corrected chi connectivity index (χ4v) is 4.78. The van der Waals surface area contributed by atoms with Gasteiger partial charge in [-0.05, 0) is 73.4 Å². The average Bonchev–Trinajstić information content (AvgIpc) is 3.64. The second-order valence-corrected chi connectivity index (χ2v) is 9.64. The summed E-state index contributed by atoms with van der Waals surface area (Å²) >= 11 is 0. The molecule has 2 aliphatic rings. The minimum absolute atomic E-state index is 0.171. The number of likely N-dealkylation sites (tertiary alicyclic amines) is 1. The van der Waals surface area contributed by atoms with Crippen LogP contribution in [0.5, 0.6) is 5.75 Å². The Balaban J connectivity index is 1.21. The number of nitrogens with one attached hydrogen (secondary N) is 1. The van der Waals surface area contributed by atoms with Gasteiger partial charge >= 0.3 is 6.36 Å². The molecule has 6 nitrogen and oxygen atoms in total.